The van der Waals surface area contributed by atoms with Gasteiger partial charge < -0.3 is 16.0 Å². The van der Waals surface area contributed by atoms with Crippen LogP contribution in [0.4, 0.5) is 5.69 Å². The number of anilines is 1. The molecule has 15 heavy (non-hydrogen) atoms. The molecule has 0 aromatic heterocycles. The Kier molecular flexibility index (Phi) is 4.88. The van der Waals surface area contributed by atoms with Crippen LogP contribution in [0.5, 0.6) is 0 Å². The normalized spacial score (nSPS) is 10.7. The predicted octanol–water partition coefficient (Wildman–Crippen LogP) is 1.77. The fourth-order valence-corrected chi connectivity index (χ4v) is 1.50. The van der Waals surface area contributed by atoms with Gasteiger partial charge in [-0.05, 0) is 31.8 Å². The van der Waals surface area contributed by atoms with E-state index in [9.17, 15) is 0 Å². The first-order valence-corrected chi connectivity index (χ1v) is 5.38. The molecule has 0 heterocycles. The number of hydrogen-bond acceptors (Lipinski definition) is 3. The standard InChI is InChI=1S/C11H18ClN3/c1-15(2)6-5-14-10-4-3-9(8-13)11(12)7-10/h3-4,7,14H,5-6,8,13H2,1-2H3. The molecule has 0 atom stereocenters. The third-order valence-corrected chi connectivity index (χ3v) is 2.51. The minimum absolute atomic E-state index is 0.483. The van der Waals surface area contributed by atoms with Gasteiger partial charge in [-0.15, -0.1) is 0 Å². The van der Waals surface area contributed by atoms with E-state index in [1.165, 1.54) is 0 Å². The molecule has 0 spiro atoms. The van der Waals surface area contributed by atoms with Gasteiger partial charge in [0.1, 0.15) is 0 Å². The molecule has 0 aliphatic rings. The van der Waals surface area contributed by atoms with Crippen LogP contribution in [0.15, 0.2) is 18.2 Å². The fraction of sp³-hybridized carbons (Fsp3) is 0.455. The fourth-order valence-electron chi connectivity index (χ4n) is 1.25. The Hall–Kier alpha value is -0.770. The summed E-state index contributed by atoms with van der Waals surface area (Å²) in [7, 11) is 4.10. The lowest BCUT2D eigenvalue weighted by Crippen LogP contribution is -2.20. The maximum Gasteiger partial charge on any atom is 0.0471 e. The predicted molar refractivity (Wildman–Crippen MR) is 66.4 cm³/mol. The number of benzene rings is 1. The number of likely N-dealkylation sites (N-methyl/N-ethyl adjacent to an activating group) is 1. The monoisotopic (exact) mass is 227 g/mol. The van der Waals surface area contributed by atoms with Crippen molar-refractivity contribution in [2.24, 2.45) is 5.73 Å². The third kappa shape index (κ3) is 4.08. The Morgan fingerprint density at radius 2 is 2.13 bits per heavy atom. The minimum atomic E-state index is 0.483. The molecule has 0 bridgehead atoms. The SMILES string of the molecule is CN(C)CCNc1ccc(CN)c(Cl)c1. The van der Waals surface area contributed by atoms with Crippen LogP contribution in [-0.4, -0.2) is 32.1 Å². The Bertz CT molecular complexity index is 313. The van der Waals surface area contributed by atoms with Crippen molar-refractivity contribution in [2.75, 3.05) is 32.5 Å². The highest BCUT2D eigenvalue weighted by Gasteiger charge is 1.99. The second-order valence-electron chi connectivity index (χ2n) is 3.74. The van der Waals surface area contributed by atoms with E-state index in [1.807, 2.05) is 32.3 Å². The third-order valence-electron chi connectivity index (χ3n) is 2.16. The van der Waals surface area contributed by atoms with E-state index in [4.69, 9.17) is 17.3 Å². The van der Waals surface area contributed by atoms with E-state index in [0.29, 0.717) is 6.54 Å². The average molecular weight is 228 g/mol. The van der Waals surface area contributed by atoms with Crippen LogP contribution < -0.4 is 11.1 Å². The Morgan fingerprint density at radius 1 is 1.40 bits per heavy atom. The summed E-state index contributed by atoms with van der Waals surface area (Å²) in [6.45, 7) is 2.39. The Morgan fingerprint density at radius 3 is 2.67 bits per heavy atom. The lowest BCUT2D eigenvalue weighted by molar-refractivity contribution is 0.425. The molecular formula is C11H18ClN3. The first-order chi connectivity index (χ1) is 7.13. The number of nitrogens with two attached hydrogens (primary N) is 1. The molecule has 1 aromatic carbocycles. The molecule has 0 aliphatic carbocycles. The molecule has 0 amide bonds. The van der Waals surface area contributed by atoms with Crippen LogP contribution in [0.2, 0.25) is 5.02 Å². The van der Waals surface area contributed by atoms with E-state index in [1.54, 1.807) is 0 Å². The molecule has 0 radical (unpaired) electrons. The summed E-state index contributed by atoms with van der Waals surface area (Å²) in [6.07, 6.45) is 0. The van der Waals surface area contributed by atoms with Gasteiger partial charge in [0, 0.05) is 30.3 Å². The van der Waals surface area contributed by atoms with Crippen molar-refractivity contribution in [3.8, 4) is 0 Å². The molecule has 0 fully saturated rings. The van der Waals surface area contributed by atoms with Crippen molar-refractivity contribution in [1.82, 2.24) is 4.90 Å². The second kappa shape index (κ2) is 5.95. The van der Waals surface area contributed by atoms with Gasteiger partial charge in [-0.2, -0.15) is 0 Å². The van der Waals surface area contributed by atoms with Crippen molar-refractivity contribution in [3.05, 3.63) is 28.8 Å². The lowest BCUT2D eigenvalue weighted by Gasteiger charge is -2.12. The van der Waals surface area contributed by atoms with Crippen molar-refractivity contribution >= 4 is 17.3 Å². The summed E-state index contributed by atoms with van der Waals surface area (Å²) < 4.78 is 0. The number of halogens is 1. The van der Waals surface area contributed by atoms with E-state index in [0.717, 1.165) is 29.4 Å². The van der Waals surface area contributed by atoms with Gasteiger partial charge in [0.15, 0.2) is 0 Å². The molecule has 3 nitrogen and oxygen atoms in total. The van der Waals surface area contributed by atoms with E-state index in [-0.39, 0.29) is 0 Å². The lowest BCUT2D eigenvalue weighted by atomic mass is 10.2. The van der Waals surface area contributed by atoms with E-state index < -0.39 is 0 Å². The highest BCUT2D eigenvalue weighted by atomic mass is 35.5. The van der Waals surface area contributed by atoms with Crippen LogP contribution in [0.25, 0.3) is 0 Å². The molecular weight excluding hydrogens is 210 g/mol. The summed E-state index contributed by atoms with van der Waals surface area (Å²) in [5.41, 5.74) is 7.55. The topological polar surface area (TPSA) is 41.3 Å². The quantitative estimate of drug-likeness (QED) is 0.806. The molecule has 0 aliphatic heterocycles. The number of nitrogens with one attached hydrogen (secondary N) is 1. The van der Waals surface area contributed by atoms with E-state index in [2.05, 4.69) is 10.2 Å². The zero-order chi connectivity index (χ0) is 11.3. The van der Waals surface area contributed by atoms with Crippen molar-refractivity contribution < 1.29 is 0 Å². The van der Waals surface area contributed by atoms with Crippen molar-refractivity contribution in [2.45, 2.75) is 6.54 Å². The van der Waals surface area contributed by atoms with Crippen LogP contribution >= 0.6 is 11.6 Å². The molecule has 3 N–H and O–H groups in total. The summed E-state index contributed by atoms with van der Waals surface area (Å²) >= 11 is 6.04. The highest BCUT2D eigenvalue weighted by Crippen LogP contribution is 2.20. The molecule has 1 aromatic rings. The van der Waals surface area contributed by atoms with Crippen molar-refractivity contribution in [1.29, 1.82) is 0 Å². The first-order valence-electron chi connectivity index (χ1n) is 5.00. The second-order valence-corrected chi connectivity index (χ2v) is 4.15. The molecule has 4 heteroatoms. The van der Waals surface area contributed by atoms with Crippen LogP contribution in [0, 0.1) is 0 Å². The van der Waals surface area contributed by atoms with Gasteiger partial charge in [0.2, 0.25) is 0 Å². The smallest absolute Gasteiger partial charge is 0.0471 e. The molecule has 0 saturated carbocycles. The van der Waals surface area contributed by atoms with Gasteiger partial charge in [0.05, 0.1) is 0 Å². The van der Waals surface area contributed by atoms with Gasteiger partial charge >= 0.3 is 0 Å². The summed E-state index contributed by atoms with van der Waals surface area (Å²) in [5.74, 6) is 0. The van der Waals surface area contributed by atoms with Gasteiger partial charge in [-0.3, -0.25) is 0 Å². The largest absolute Gasteiger partial charge is 0.384 e. The number of rotatable bonds is 5. The average Bonchev–Trinajstić information content (AvgIpc) is 2.17. The molecule has 0 unspecified atom stereocenters. The zero-order valence-corrected chi connectivity index (χ0v) is 10.0. The maximum absolute atomic E-state index is 6.04. The summed E-state index contributed by atoms with van der Waals surface area (Å²) in [6, 6.07) is 5.88. The highest BCUT2D eigenvalue weighted by molar-refractivity contribution is 6.31. The maximum atomic E-state index is 6.04. The van der Waals surface area contributed by atoms with Gasteiger partial charge in [-0.25, -0.2) is 0 Å². The van der Waals surface area contributed by atoms with E-state index >= 15 is 0 Å². The van der Waals surface area contributed by atoms with Crippen LogP contribution in [0.3, 0.4) is 0 Å². The summed E-state index contributed by atoms with van der Waals surface area (Å²) in [5, 5.41) is 4.03. The minimum Gasteiger partial charge on any atom is -0.384 e. The molecule has 1 rings (SSSR count). The van der Waals surface area contributed by atoms with Gasteiger partial charge in [-0.1, -0.05) is 17.7 Å². The zero-order valence-electron chi connectivity index (χ0n) is 9.26. The molecule has 0 saturated heterocycles. The summed E-state index contributed by atoms with van der Waals surface area (Å²) in [4.78, 5) is 2.13. The molecule has 84 valence electrons. The number of nitrogens with zero attached hydrogens (tertiary/aromatic N) is 1. The Labute approximate surface area is 96.2 Å². The van der Waals surface area contributed by atoms with Crippen molar-refractivity contribution in [3.63, 3.8) is 0 Å². The van der Waals surface area contributed by atoms with Crippen LogP contribution in [-0.2, 0) is 6.54 Å². The first kappa shape index (κ1) is 12.3. The van der Waals surface area contributed by atoms with Gasteiger partial charge in [0.25, 0.3) is 0 Å². The van der Waals surface area contributed by atoms with Crippen LogP contribution in [0.1, 0.15) is 5.56 Å². The Balaban J connectivity index is 2.52. The number of hydrogen-bond donors (Lipinski definition) is 2.